The van der Waals surface area contributed by atoms with Crippen LogP contribution in [0.3, 0.4) is 0 Å². The van der Waals surface area contributed by atoms with Crippen LogP contribution < -0.4 is 0 Å². The van der Waals surface area contributed by atoms with E-state index in [1.165, 1.54) is 0 Å². The quantitative estimate of drug-likeness (QED) is 0.178. The van der Waals surface area contributed by atoms with Crippen molar-refractivity contribution >= 4 is 131 Å². The van der Waals surface area contributed by atoms with Gasteiger partial charge < -0.3 is 17.8 Å². The molecule has 16 aromatic rings. The zero-order valence-electron chi connectivity index (χ0n) is 35.0. The summed E-state index contributed by atoms with van der Waals surface area (Å²) in [6.45, 7) is 0. The molecule has 0 saturated carbocycles. The Kier molecular flexibility index (Phi) is 6.44. The van der Waals surface area contributed by atoms with Gasteiger partial charge in [-0.15, -0.1) is 0 Å². The number of para-hydroxylation sites is 6. The van der Waals surface area contributed by atoms with Crippen LogP contribution in [0.25, 0.3) is 149 Å². The zero-order valence-corrected chi connectivity index (χ0v) is 35.0. The lowest BCUT2D eigenvalue weighted by molar-refractivity contribution is 0.669. The predicted octanol–water partition coefficient (Wildman–Crippen LogP) is 16.1. The molecule has 0 unspecified atom stereocenters. The van der Waals surface area contributed by atoms with Crippen molar-refractivity contribution in [3.63, 3.8) is 0 Å². The van der Waals surface area contributed by atoms with Crippen molar-refractivity contribution < 1.29 is 13.3 Å². The highest BCUT2D eigenvalue weighted by atomic mass is 16.3. The van der Waals surface area contributed by atoms with Crippen LogP contribution in [0.2, 0.25) is 0 Å². The lowest BCUT2D eigenvalue weighted by atomic mass is 10.1. The van der Waals surface area contributed by atoms with Crippen molar-refractivity contribution in [1.29, 1.82) is 0 Å². The maximum atomic E-state index is 6.52. The predicted molar refractivity (Wildman–Crippen MR) is 269 cm³/mol. The molecule has 0 amide bonds. The van der Waals surface area contributed by atoms with Crippen molar-refractivity contribution in [2.75, 3.05) is 0 Å². The van der Waals surface area contributed by atoms with Crippen LogP contribution in [0, 0.1) is 0 Å². The van der Waals surface area contributed by atoms with Crippen LogP contribution in [0.15, 0.2) is 207 Å². The summed E-state index contributed by atoms with van der Waals surface area (Å²) in [6.07, 6.45) is 0. The van der Waals surface area contributed by atoms with Crippen LogP contribution >= 0.6 is 0 Å². The van der Waals surface area contributed by atoms with Crippen molar-refractivity contribution in [3.05, 3.63) is 194 Å². The van der Waals surface area contributed by atoms with E-state index in [-0.39, 0.29) is 0 Å². The van der Waals surface area contributed by atoms with E-state index in [9.17, 15) is 0 Å². The second-order valence-electron chi connectivity index (χ2n) is 17.5. The molecule has 7 aromatic heterocycles. The fourth-order valence-corrected chi connectivity index (χ4v) is 11.2. The molecule has 16 rings (SSSR count). The Labute approximate surface area is 373 Å². The largest absolute Gasteiger partial charge is 0.456 e. The summed E-state index contributed by atoms with van der Waals surface area (Å²) in [7, 11) is 0. The first-order valence-electron chi connectivity index (χ1n) is 22.3. The first-order chi connectivity index (χ1) is 32.7. The molecule has 7 heterocycles. The summed E-state index contributed by atoms with van der Waals surface area (Å²) in [6, 6.07) is 68.8. The fraction of sp³-hybridized carbons (Fsp3) is 0. The summed E-state index contributed by atoms with van der Waals surface area (Å²) in [5, 5.41) is 13.2. The average Bonchev–Trinajstić information content (AvgIpc) is 4.21. The Balaban J connectivity index is 1.07. The van der Waals surface area contributed by atoms with Crippen LogP contribution in [0.1, 0.15) is 0 Å². The molecule has 0 fully saturated rings. The molecule has 0 saturated heterocycles. The van der Waals surface area contributed by atoms with Gasteiger partial charge in [-0.05, 0) is 84.9 Å². The molecular formula is C59H32N4O3. The molecule has 7 heteroatoms. The number of benzene rings is 9. The maximum absolute atomic E-state index is 6.52. The Morgan fingerprint density at radius 3 is 1.09 bits per heavy atom. The summed E-state index contributed by atoms with van der Waals surface area (Å²) in [4.78, 5) is 5.93. The molecular weight excluding hydrogens is 813 g/mol. The standard InChI is InChI=1S/C59H32N4O3/c1-7-19-45-33(13-1)39-30-55-42(36-16-4-10-22-52(36)64-55)27-49(39)61(45)48-25-26-58(62-46-20-8-2-14-34(46)40-31-56-43(28-50(40)62)37-17-5-11-23-53(37)65-56)60-59(48)63-47-21-9-3-15-35(47)41-32-57-44(29-51(41)63)38-18-6-12-24-54(38)66-57/h1-32H. The number of hydrogen-bond donors (Lipinski definition) is 0. The number of aromatic nitrogens is 4. The minimum absolute atomic E-state index is 0.798. The van der Waals surface area contributed by atoms with Crippen LogP contribution in [0.4, 0.5) is 0 Å². The normalized spacial score (nSPS) is 12.5. The summed E-state index contributed by atoms with van der Waals surface area (Å²) in [5.41, 5.74) is 12.5. The van der Waals surface area contributed by atoms with E-state index in [0.717, 1.165) is 149 Å². The van der Waals surface area contributed by atoms with Gasteiger partial charge in [0.15, 0.2) is 5.82 Å². The molecule has 0 aliphatic carbocycles. The van der Waals surface area contributed by atoms with Gasteiger partial charge in [0.2, 0.25) is 0 Å². The highest BCUT2D eigenvalue weighted by molar-refractivity contribution is 6.20. The number of nitrogens with zero attached hydrogens (tertiary/aromatic N) is 4. The monoisotopic (exact) mass is 844 g/mol. The molecule has 0 radical (unpaired) electrons. The third-order valence-corrected chi connectivity index (χ3v) is 14.0. The minimum Gasteiger partial charge on any atom is -0.456 e. The maximum Gasteiger partial charge on any atom is 0.164 e. The Bertz CT molecular complexity index is 4780. The van der Waals surface area contributed by atoms with Gasteiger partial charge in [-0.2, -0.15) is 0 Å². The molecule has 9 aromatic carbocycles. The Morgan fingerprint density at radius 1 is 0.258 bits per heavy atom. The molecule has 0 aliphatic rings. The van der Waals surface area contributed by atoms with E-state index >= 15 is 0 Å². The Morgan fingerprint density at radius 2 is 0.621 bits per heavy atom. The van der Waals surface area contributed by atoms with Crippen LogP contribution in [0.5, 0.6) is 0 Å². The highest BCUT2D eigenvalue weighted by Crippen LogP contribution is 2.44. The lowest BCUT2D eigenvalue weighted by Crippen LogP contribution is -2.09. The van der Waals surface area contributed by atoms with Gasteiger partial charge >= 0.3 is 0 Å². The van der Waals surface area contributed by atoms with E-state index in [4.69, 9.17) is 18.2 Å². The van der Waals surface area contributed by atoms with Gasteiger partial charge in [0, 0.05) is 64.6 Å². The zero-order chi connectivity index (χ0) is 42.8. The van der Waals surface area contributed by atoms with Gasteiger partial charge in [-0.3, -0.25) is 9.13 Å². The second-order valence-corrected chi connectivity index (χ2v) is 17.5. The summed E-state index contributed by atoms with van der Waals surface area (Å²) < 4.78 is 26.6. The molecule has 306 valence electrons. The van der Waals surface area contributed by atoms with Crippen molar-refractivity contribution in [2.24, 2.45) is 0 Å². The second kappa shape index (κ2) is 12.3. The van der Waals surface area contributed by atoms with E-state index in [2.05, 4.69) is 171 Å². The third-order valence-electron chi connectivity index (χ3n) is 14.0. The summed E-state index contributed by atoms with van der Waals surface area (Å²) in [5.74, 6) is 1.60. The minimum atomic E-state index is 0.798. The SMILES string of the molecule is c1ccc2c(c1)oc1cc3c4ccccc4n(-c4ccc(-n5c6ccccc6c6cc7oc8ccccc8c7cc65)c(-n5c6ccccc6c6cc7oc8ccccc8c7cc65)n4)c3cc12. The van der Waals surface area contributed by atoms with Crippen molar-refractivity contribution in [2.45, 2.75) is 0 Å². The van der Waals surface area contributed by atoms with Gasteiger partial charge in [0.25, 0.3) is 0 Å². The first-order valence-corrected chi connectivity index (χ1v) is 22.3. The molecule has 0 aliphatic heterocycles. The molecule has 0 bridgehead atoms. The number of rotatable bonds is 3. The number of hydrogen-bond acceptors (Lipinski definition) is 4. The van der Waals surface area contributed by atoms with Crippen molar-refractivity contribution in [3.8, 4) is 17.3 Å². The van der Waals surface area contributed by atoms with Crippen LogP contribution in [-0.2, 0) is 0 Å². The van der Waals surface area contributed by atoms with Crippen molar-refractivity contribution in [1.82, 2.24) is 18.7 Å². The number of pyridine rings is 1. The molecule has 7 nitrogen and oxygen atoms in total. The molecule has 0 spiro atoms. The fourth-order valence-electron chi connectivity index (χ4n) is 11.2. The van der Waals surface area contributed by atoms with Gasteiger partial charge in [-0.1, -0.05) is 109 Å². The third kappa shape index (κ3) is 4.43. The smallest absolute Gasteiger partial charge is 0.164 e. The van der Waals surface area contributed by atoms with Gasteiger partial charge in [0.1, 0.15) is 39.3 Å². The highest BCUT2D eigenvalue weighted by Gasteiger charge is 2.25. The topological polar surface area (TPSA) is 67.1 Å². The molecule has 0 N–H and O–H groups in total. The lowest BCUT2D eigenvalue weighted by Gasteiger charge is -2.18. The van der Waals surface area contributed by atoms with E-state index in [0.29, 0.717) is 0 Å². The van der Waals surface area contributed by atoms with E-state index in [1.54, 1.807) is 0 Å². The van der Waals surface area contributed by atoms with E-state index in [1.807, 2.05) is 36.4 Å². The number of fused-ring (bicyclic) bond motifs is 18. The number of furan rings is 3. The Hall–Kier alpha value is -9.07. The van der Waals surface area contributed by atoms with Gasteiger partial charge in [-0.25, -0.2) is 4.98 Å². The molecule has 0 atom stereocenters. The molecule has 66 heavy (non-hydrogen) atoms. The summed E-state index contributed by atoms with van der Waals surface area (Å²) >= 11 is 0. The van der Waals surface area contributed by atoms with E-state index < -0.39 is 0 Å². The van der Waals surface area contributed by atoms with Gasteiger partial charge in [0.05, 0.1) is 38.8 Å². The average molecular weight is 845 g/mol. The first kappa shape index (κ1) is 34.4. The van der Waals surface area contributed by atoms with Crippen LogP contribution in [-0.4, -0.2) is 18.7 Å².